The molecule has 0 bridgehead atoms. The van der Waals surface area contributed by atoms with Gasteiger partial charge in [-0.2, -0.15) is 0 Å². The fraction of sp³-hybridized carbons (Fsp3) is 0.400. The molecule has 0 aliphatic carbocycles. The van der Waals surface area contributed by atoms with Crippen LogP contribution in [0, 0.1) is 11.6 Å². The lowest BCUT2D eigenvalue weighted by Crippen LogP contribution is -2.22. The third-order valence-corrected chi connectivity index (χ3v) is 1.82. The molecule has 1 rings (SSSR count). The van der Waals surface area contributed by atoms with Crippen LogP contribution in [-0.4, -0.2) is 19.6 Å². The highest BCUT2D eigenvalue weighted by Gasteiger charge is 2.05. The van der Waals surface area contributed by atoms with E-state index in [2.05, 4.69) is 10.6 Å². The fourth-order valence-corrected chi connectivity index (χ4v) is 1.12. The van der Waals surface area contributed by atoms with Crippen molar-refractivity contribution in [1.82, 2.24) is 5.32 Å². The molecular formula is C10H14F2N2. The molecule has 78 valence electrons. The van der Waals surface area contributed by atoms with Crippen molar-refractivity contribution in [3.8, 4) is 0 Å². The van der Waals surface area contributed by atoms with E-state index in [-0.39, 0.29) is 5.69 Å². The van der Waals surface area contributed by atoms with Crippen molar-refractivity contribution in [2.75, 3.05) is 25.0 Å². The number of anilines is 1. The maximum absolute atomic E-state index is 13.0. The smallest absolute Gasteiger partial charge is 0.149 e. The molecular weight excluding hydrogens is 186 g/mol. The van der Waals surface area contributed by atoms with Crippen molar-refractivity contribution in [3.05, 3.63) is 29.8 Å². The van der Waals surface area contributed by atoms with E-state index in [4.69, 9.17) is 0 Å². The van der Waals surface area contributed by atoms with E-state index in [1.165, 1.54) is 18.2 Å². The zero-order chi connectivity index (χ0) is 10.4. The Kier molecular flexibility index (Phi) is 4.32. The number of hydrogen-bond acceptors (Lipinski definition) is 2. The summed E-state index contributed by atoms with van der Waals surface area (Å²) in [5.41, 5.74) is -0.0506. The molecule has 4 heteroatoms. The van der Waals surface area contributed by atoms with E-state index in [0.717, 1.165) is 6.54 Å². The normalized spacial score (nSPS) is 10.2. The van der Waals surface area contributed by atoms with Gasteiger partial charge in [-0.25, -0.2) is 8.78 Å². The van der Waals surface area contributed by atoms with Crippen LogP contribution in [0.2, 0.25) is 0 Å². The standard InChI is InChI=1S/C10H14F2N2/c1-2-13-6-7-14-10-8(11)4-3-5-9(10)12/h3-5,13-14H,2,6-7H2,1H3. The molecule has 0 saturated heterocycles. The first-order valence-electron chi connectivity index (χ1n) is 4.64. The molecule has 1 aromatic carbocycles. The highest BCUT2D eigenvalue weighted by atomic mass is 19.1. The lowest BCUT2D eigenvalue weighted by Gasteiger charge is -2.08. The number of likely N-dealkylation sites (N-methyl/N-ethyl adjacent to an activating group) is 1. The van der Waals surface area contributed by atoms with Crippen molar-refractivity contribution >= 4 is 5.69 Å². The van der Waals surface area contributed by atoms with Crippen LogP contribution < -0.4 is 10.6 Å². The first-order chi connectivity index (χ1) is 6.75. The highest BCUT2D eigenvalue weighted by Crippen LogP contribution is 2.17. The summed E-state index contributed by atoms with van der Waals surface area (Å²) in [6, 6.07) is 3.82. The third-order valence-electron chi connectivity index (χ3n) is 1.82. The van der Waals surface area contributed by atoms with Gasteiger partial charge in [-0.05, 0) is 18.7 Å². The summed E-state index contributed by atoms with van der Waals surface area (Å²) >= 11 is 0. The second kappa shape index (κ2) is 5.54. The van der Waals surface area contributed by atoms with Gasteiger partial charge in [0.25, 0.3) is 0 Å². The SMILES string of the molecule is CCNCCNc1c(F)cccc1F. The molecule has 0 aromatic heterocycles. The van der Waals surface area contributed by atoms with Gasteiger partial charge in [-0.15, -0.1) is 0 Å². The van der Waals surface area contributed by atoms with Crippen LogP contribution in [0.3, 0.4) is 0 Å². The molecule has 0 spiro atoms. The van der Waals surface area contributed by atoms with Gasteiger partial charge in [0.05, 0.1) is 0 Å². The Balaban J connectivity index is 2.49. The average molecular weight is 200 g/mol. The van der Waals surface area contributed by atoms with Gasteiger partial charge in [0.1, 0.15) is 17.3 Å². The average Bonchev–Trinajstić information content (AvgIpc) is 2.16. The van der Waals surface area contributed by atoms with E-state index < -0.39 is 11.6 Å². The Morgan fingerprint density at radius 2 is 1.79 bits per heavy atom. The summed E-state index contributed by atoms with van der Waals surface area (Å²) in [5.74, 6) is -1.11. The van der Waals surface area contributed by atoms with Gasteiger partial charge in [-0.3, -0.25) is 0 Å². The molecule has 0 unspecified atom stereocenters. The van der Waals surface area contributed by atoms with Crippen LogP contribution in [0.1, 0.15) is 6.92 Å². The topological polar surface area (TPSA) is 24.1 Å². The van der Waals surface area contributed by atoms with Crippen LogP contribution in [0.5, 0.6) is 0 Å². The molecule has 0 fully saturated rings. The number of benzene rings is 1. The van der Waals surface area contributed by atoms with Crippen molar-refractivity contribution in [2.45, 2.75) is 6.92 Å². The Labute approximate surface area is 82.3 Å². The van der Waals surface area contributed by atoms with E-state index in [1.807, 2.05) is 6.92 Å². The summed E-state index contributed by atoms with van der Waals surface area (Å²) in [6.07, 6.45) is 0. The van der Waals surface area contributed by atoms with Gasteiger partial charge >= 0.3 is 0 Å². The molecule has 0 aliphatic heterocycles. The fourth-order valence-electron chi connectivity index (χ4n) is 1.12. The largest absolute Gasteiger partial charge is 0.379 e. The summed E-state index contributed by atoms with van der Waals surface area (Å²) < 4.78 is 26.1. The lowest BCUT2D eigenvalue weighted by atomic mass is 10.3. The predicted octanol–water partition coefficient (Wildman–Crippen LogP) is 1.99. The van der Waals surface area contributed by atoms with E-state index in [0.29, 0.717) is 13.1 Å². The Hall–Kier alpha value is -1.16. The highest BCUT2D eigenvalue weighted by molar-refractivity contribution is 5.45. The first-order valence-corrected chi connectivity index (χ1v) is 4.64. The zero-order valence-electron chi connectivity index (χ0n) is 8.11. The maximum Gasteiger partial charge on any atom is 0.149 e. The van der Waals surface area contributed by atoms with Gasteiger partial charge in [0.2, 0.25) is 0 Å². The van der Waals surface area contributed by atoms with Crippen LogP contribution >= 0.6 is 0 Å². The molecule has 14 heavy (non-hydrogen) atoms. The van der Waals surface area contributed by atoms with Crippen molar-refractivity contribution < 1.29 is 8.78 Å². The minimum absolute atomic E-state index is 0.0506. The summed E-state index contributed by atoms with van der Waals surface area (Å²) in [5, 5.41) is 5.75. The molecule has 0 atom stereocenters. The van der Waals surface area contributed by atoms with Crippen LogP contribution in [0.25, 0.3) is 0 Å². The van der Waals surface area contributed by atoms with Crippen LogP contribution in [0.4, 0.5) is 14.5 Å². The van der Waals surface area contributed by atoms with Crippen molar-refractivity contribution in [2.24, 2.45) is 0 Å². The number of rotatable bonds is 5. The van der Waals surface area contributed by atoms with Crippen molar-refractivity contribution in [1.29, 1.82) is 0 Å². The molecule has 2 N–H and O–H groups in total. The van der Waals surface area contributed by atoms with E-state index in [1.54, 1.807) is 0 Å². The Morgan fingerprint density at radius 1 is 1.14 bits per heavy atom. The Morgan fingerprint density at radius 3 is 2.36 bits per heavy atom. The van der Waals surface area contributed by atoms with Gasteiger partial charge in [0, 0.05) is 13.1 Å². The molecule has 0 amide bonds. The molecule has 0 radical (unpaired) electrons. The maximum atomic E-state index is 13.0. The number of hydrogen-bond donors (Lipinski definition) is 2. The van der Waals surface area contributed by atoms with Crippen molar-refractivity contribution in [3.63, 3.8) is 0 Å². The first kappa shape index (κ1) is 10.9. The predicted molar refractivity (Wildman–Crippen MR) is 53.4 cm³/mol. The molecule has 0 heterocycles. The number of halogens is 2. The third kappa shape index (κ3) is 2.96. The molecule has 2 nitrogen and oxygen atoms in total. The monoisotopic (exact) mass is 200 g/mol. The molecule has 1 aromatic rings. The van der Waals surface area contributed by atoms with Gasteiger partial charge < -0.3 is 10.6 Å². The summed E-state index contributed by atoms with van der Waals surface area (Å²) in [6.45, 7) is 4.01. The summed E-state index contributed by atoms with van der Waals surface area (Å²) in [4.78, 5) is 0. The second-order valence-corrected chi connectivity index (χ2v) is 2.88. The van der Waals surface area contributed by atoms with Gasteiger partial charge in [-0.1, -0.05) is 13.0 Å². The minimum Gasteiger partial charge on any atom is -0.379 e. The lowest BCUT2D eigenvalue weighted by molar-refractivity contribution is 0.587. The zero-order valence-corrected chi connectivity index (χ0v) is 8.11. The van der Waals surface area contributed by atoms with Crippen LogP contribution in [-0.2, 0) is 0 Å². The minimum atomic E-state index is -0.554. The molecule has 0 aliphatic rings. The Bertz CT molecular complexity index is 269. The van der Waals surface area contributed by atoms with Crippen LogP contribution in [0.15, 0.2) is 18.2 Å². The van der Waals surface area contributed by atoms with E-state index in [9.17, 15) is 8.78 Å². The quantitative estimate of drug-likeness (QED) is 0.710. The van der Waals surface area contributed by atoms with Gasteiger partial charge in [0.15, 0.2) is 0 Å². The second-order valence-electron chi connectivity index (χ2n) is 2.88. The molecule has 0 saturated carbocycles. The van der Waals surface area contributed by atoms with E-state index >= 15 is 0 Å². The number of nitrogens with one attached hydrogen (secondary N) is 2. The summed E-state index contributed by atoms with van der Waals surface area (Å²) in [7, 11) is 0. The number of para-hydroxylation sites is 1.